The number of fused-ring (bicyclic) bond motifs is 1. The lowest BCUT2D eigenvalue weighted by atomic mass is 10.2. The Morgan fingerprint density at radius 1 is 1.00 bits per heavy atom. The maximum Gasteiger partial charge on any atom is 0.293 e. The number of nitrogens with one attached hydrogen (secondary N) is 1. The summed E-state index contributed by atoms with van der Waals surface area (Å²) in [5.74, 6) is 0.281. The van der Waals surface area contributed by atoms with Crippen molar-refractivity contribution in [3.8, 4) is 16.4 Å². The molecule has 32 heavy (non-hydrogen) atoms. The van der Waals surface area contributed by atoms with Gasteiger partial charge in [0.15, 0.2) is 16.7 Å². The molecule has 1 N–H and O–H groups in total. The smallest absolute Gasteiger partial charge is 0.293 e. The normalized spacial score (nSPS) is 11.1. The van der Waals surface area contributed by atoms with Crippen molar-refractivity contribution >= 4 is 33.3 Å². The lowest BCUT2D eigenvalue weighted by Crippen LogP contribution is -2.21. The molecule has 0 radical (unpaired) electrons. The van der Waals surface area contributed by atoms with Crippen LogP contribution in [0.1, 0.15) is 21.8 Å². The summed E-state index contributed by atoms with van der Waals surface area (Å²) in [4.78, 5) is 35.8. The summed E-state index contributed by atoms with van der Waals surface area (Å²) in [5, 5.41) is 3.69. The van der Waals surface area contributed by atoms with Crippen LogP contribution >= 0.6 is 11.3 Å². The molecule has 0 bridgehead atoms. The van der Waals surface area contributed by atoms with Crippen molar-refractivity contribution in [2.75, 3.05) is 5.32 Å². The summed E-state index contributed by atoms with van der Waals surface area (Å²) in [5.41, 5.74) is 2.90. The van der Waals surface area contributed by atoms with Gasteiger partial charge >= 0.3 is 0 Å². The molecule has 5 aromatic rings. The molecule has 1 amide bonds. The van der Waals surface area contributed by atoms with Crippen LogP contribution in [0.3, 0.4) is 0 Å². The molecule has 0 spiro atoms. The molecule has 0 atom stereocenters. The minimum absolute atomic E-state index is 0.163. The summed E-state index contributed by atoms with van der Waals surface area (Å²) >= 11 is 1.26. The fourth-order valence-corrected chi connectivity index (χ4v) is 4.38. The van der Waals surface area contributed by atoms with Crippen LogP contribution in [0, 0.1) is 13.8 Å². The third-order valence-electron chi connectivity index (χ3n) is 5.03. The van der Waals surface area contributed by atoms with Crippen LogP contribution in [0.25, 0.3) is 27.3 Å². The van der Waals surface area contributed by atoms with Crippen molar-refractivity contribution in [2.24, 2.45) is 0 Å². The molecule has 0 fully saturated rings. The van der Waals surface area contributed by atoms with Crippen LogP contribution in [-0.2, 0) is 0 Å². The second-order valence-corrected chi connectivity index (χ2v) is 8.29. The van der Waals surface area contributed by atoms with Gasteiger partial charge in [-0.05, 0) is 50.2 Å². The van der Waals surface area contributed by atoms with Gasteiger partial charge in [-0.1, -0.05) is 41.2 Å². The molecule has 2 aromatic carbocycles. The zero-order valence-corrected chi connectivity index (χ0v) is 18.1. The van der Waals surface area contributed by atoms with Gasteiger partial charge in [-0.3, -0.25) is 19.5 Å². The number of thiazole rings is 1. The highest BCUT2D eigenvalue weighted by molar-refractivity contribution is 7.19. The number of hydrogen-bond acceptors (Lipinski definition) is 6. The second-order valence-electron chi connectivity index (χ2n) is 7.29. The first-order valence-corrected chi connectivity index (χ1v) is 10.7. The molecule has 0 unspecified atom stereocenters. The number of rotatable bonds is 4. The van der Waals surface area contributed by atoms with Gasteiger partial charge in [0.25, 0.3) is 11.5 Å². The van der Waals surface area contributed by atoms with Crippen LogP contribution in [0.5, 0.6) is 0 Å². The highest BCUT2D eigenvalue weighted by Crippen LogP contribution is 2.33. The standard InChI is InChI=1S/C24H18N4O3S/c1-14-9-11-16(12-10-14)28-21(26-18-7-4-3-6-17(18)23(28)30)20-15(2)25-24(32-20)27-22(29)19-8-5-13-31-19/h3-13H,1-2H3,(H,25,27,29). The minimum atomic E-state index is -0.391. The van der Waals surface area contributed by atoms with Gasteiger partial charge < -0.3 is 4.42 Å². The van der Waals surface area contributed by atoms with E-state index >= 15 is 0 Å². The van der Waals surface area contributed by atoms with E-state index in [0.29, 0.717) is 38.1 Å². The number of aryl methyl sites for hydroxylation is 2. The Labute approximate surface area is 187 Å². The molecular weight excluding hydrogens is 424 g/mol. The lowest BCUT2D eigenvalue weighted by molar-refractivity contribution is 0.0996. The van der Waals surface area contributed by atoms with Gasteiger partial charge in [0, 0.05) is 0 Å². The molecule has 0 saturated carbocycles. The van der Waals surface area contributed by atoms with Crippen molar-refractivity contribution in [2.45, 2.75) is 13.8 Å². The Kier molecular flexibility index (Phi) is 4.91. The van der Waals surface area contributed by atoms with E-state index in [1.807, 2.05) is 56.3 Å². The van der Waals surface area contributed by atoms with E-state index in [2.05, 4.69) is 10.3 Å². The Morgan fingerprint density at radius 2 is 1.78 bits per heavy atom. The molecule has 158 valence electrons. The molecule has 0 aliphatic rings. The molecule has 7 nitrogen and oxygen atoms in total. The first kappa shape index (κ1) is 19.9. The quantitative estimate of drug-likeness (QED) is 0.424. The fourth-order valence-electron chi connectivity index (χ4n) is 3.44. The number of nitrogens with zero attached hydrogens (tertiary/aromatic N) is 3. The number of anilines is 1. The van der Waals surface area contributed by atoms with Gasteiger partial charge in [0.1, 0.15) is 0 Å². The van der Waals surface area contributed by atoms with Crippen molar-refractivity contribution in [1.29, 1.82) is 0 Å². The SMILES string of the molecule is Cc1ccc(-n2c(-c3sc(NC(=O)c4ccco4)nc3C)nc3ccccc3c2=O)cc1. The molecule has 0 saturated heterocycles. The highest BCUT2D eigenvalue weighted by atomic mass is 32.1. The Hall–Kier alpha value is -4.04. The molecule has 0 aliphatic carbocycles. The van der Waals surface area contributed by atoms with E-state index in [1.165, 1.54) is 17.6 Å². The van der Waals surface area contributed by atoms with E-state index in [0.717, 1.165) is 5.56 Å². The average molecular weight is 443 g/mol. The number of aromatic nitrogens is 3. The van der Waals surface area contributed by atoms with Crippen molar-refractivity contribution in [1.82, 2.24) is 14.5 Å². The van der Waals surface area contributed by atoms with Gasteiger partial charge in [-0.25, -0.2) is 9.97 Å². The third kappa shape index (κ3) is 3.50. The lowest BCUT2D eigenvalue weighted by Gasteiger charge is -2.13. The summed E-state index contributed by atoms with van der Waals surface area (Å²) in [6, 6.07) is 18.2. The molecule has 3 heterocycles. The summed E-state index contributed by atoms with van der Waals surface area (Å²) < 4.78 is 6.74. The summed E-state index contributed by atoms with van der Waals surface area (Å²) in [6.07, 6.45) is 1.44. The highest BCUT2D eigenvalue weighted by Gasteiger charge is 2.20. The monoisotopic (exact) mass is 442 g/mol. The van der Waals surface area contributed by atoms with Crippen LogP contribution in [0.4, 0.5) is 5.13 Å². The molecule has 3 aromatic heterocycles. The van der Waals surface area contributed by atoms with E-state index in [4.69, 9.17) is 9.40 Å². The second kappa shape index (κ2) is 7.90. The van der Waals surface area contributed by atoms with E-state index in [9.17, 15) is 9.59 Å². The van der Waals surface area contributed by atoms with E-state index in [1.54, 1.807) is 22.8 Å². The largest absolute Gasteiger partial charge is 0.459 e. The fraction of sp³-hybridized carbons (Fsp3) is 0.0833. The zero-order valence-electron chi connectivity index (χ0n) is 17.3. The predicted molar refractivity (Wildman–Crippen MR) is 125 cm³/mol. The number of amides is 1. The number of para-hydroxylation sites is 1. The van der Waals surface area contributed by atoms with Crippen LogP contribution in [0.2, 0.25) is 0 Å². The summed E-state index contributed by atoms with van der Waals surface area (Å²) in [6.45, 7) is 3.82. The molecule has 0 aliphatic heterocycles. The Bertz CT molecular complexity index is 1500. The number of carbonyl (C=O) groups is 1. The minimum Gasteiger partial charge on any atom is -0.459 e. The van der Waals surface area contributed by atoms with Crippen molar-refractivity contribution < 1.29 is 9.21 Å². The predicted octanol–water partition coefficient (Wildman–Crippen LogP) is 4.97. The number of hydrogen-bond donors (Lipinski definition) is 1. The van der Waals surface area contributed by atoms with Crippen molar-refractivity contribution in [3.63, 3.8) is 0 Å². The van der Waals surface area contributed by atoms with E-state index in [-0.39, 0.29) is 11.3 Å². The van der Waals surface area contributed by atoms with Gasteiger partial charge in [0.2, 0.25) is 0 Å². The van der Waals surface area contributed by atoms with Crippen LogP contribution < -0.4 is 10.9 Å². The van der Waals surface area contributed by atoms with E-state index < -0.39 is 5.91 Å². The summed E-state index contributed by atoms with van der Waals surface area (Å²) in [7, 11) is 0. The average Bonchev–Trinajstić information content (AvgIpc) is 3.45. The van der Waals surface area contributed by atoms with Gasteiger partial charge in [0.05, 0.1) is 33.4 Å². The molecule has 8 heteroatoms. The zero-order chi connectivity index (χ0) is 22.2. The third-order valence-corrected chi connectivity index (χ3v) is 6.10. The number of carbonyl (C=O) groups excluding carboxylic acids is 1. The van der Waals surface area contributed by atoms with Crippen LogP contribution in [0.15, 0.2) is 76.1 Å². The number of benzene rings is 2. The maximum absolute atomic E-state index is 13.5. The van der Waals surface area contributed by atoms with Gasteiger partial charge in [-0.15, -0.1) is 0 Å². The molecular formula is C24H18N4O3S. The van der Waals surface area contributed by atoms with Crippen molar-refractivity contribution in [3.05, 3.63) is 94.3 Å². The number of furan rings is 1. The first-order valence-electron chi connectivity index (χ1n) is 9.93. The topological polar surface area (TPSA) is 90.0 Å². The van der Waals surface area contributed by atoms with Gasteiger partial charge in [-0.2, -0.15) is 0 Å². The Balaban J connectivity index is 1.68. The Morgan fingerprint density at radius 3 is 2.53 bits per heavy atom. The molecule has 5 rings (SSSR count). The first-order chi connectivity index (χ1) is 15.5. The maximum atomic E-state index is 13.5. The van der Waals surface area contributed by atoms with Crippen LogP contribution in [-0.4, -0.2) is 20.4 Å².